The predicted octanol–water partition coefficient (Wildman–Crippen LogP) is 2.24. The van der Waals surface area contributed by atoms with E-state index < -0.39 is 0 Å². The van der Waals surface area contributed by atoms with Gasteiger partial charge < -0.3 is 9.64 Å². The lowest BCUT2D eigenvalue weighted by Crippen LogP contribution is -2.33. The molecule has 1 N–H and O–H groups in total. The molecule has 1 fully saturated rings. The van der Waals surface area contributed by atoms with E-state index in [1.165, 1.54) is 0 Å². The summed E-state index contributed by atoms with van der Waals surface area (Å²) in [4.78, 5) is 13.7. The Kier molecular flexibility index (Phi) is 5.36. The summed E-state index contributed by atoms with van der Waals surface area (Å²) >= 11 is 1.66. The summed E-state index contributed by atoms with van der Waals surface area (Å²) in [6.45, 7) is 6.84. The van der Waals surface area contributed by atoms with Gasteiger partial charge >= 0.3 is 0 Å². The van der Waals surface area contributed by atoms with Gasteiger partial charge in [-0.2, -0.15) is 11.3 Å². The van der Waals surface area contributed by atoms with Crippen LogP contribution in [0.4, 0.5) is 0 Å². The van der Waals surface area contributed by atoms with Crippen LogP contribution in [-0.4, -0.2) is 37.1 Å². The van der Waals surface area contributed by atoms with Crippen LogP contribution in [0.5, 0.6) is 0 Å². The fourth-order valence-electron chi connectivity index (χ4n) is 2.11. The van der Waals surface area contributed by atoms with Gasteiger partial charge in [0.15, 0.2) is 0 Å². The van der Waals surface area contributed by atoms with Crippen LogP contribution < -0.4 is 5.32 Å². The maximum atomic E-state index is 11.9. The number of carbonyl (C=O) groups excluding carboxylic acids is 1. The summed E-state index contributed by atoms with van der Waals surface area (Å²) in [6, 6.07) is 2.06. The zero-order valence-electron chi connectivity index (χ0n) is 11.6. The number of carbonyl (C=O) groups is 1. The van der Waals surface area contributed by atoms with E-state index in [1.54, 1.807) is 11.3 Å². The largest absolute Gasteiger partial charge is 0.380 e. The van der Waals surface area contributed by atoms with E-state index in [-0.39, 0.29) is 12.1 Å². The molecule has 1 atom stereocenters. The normalized spacial score (nSPS) is 19.6. The summed E-state index contributed by atoms with van der Waals surface area (Å²) in [5.41, 5.74) is 1.16. The number of amides is 1. The molecule has 1 unspecified atom stereocenters. The minimum atomic E-state index is 0.0208. The van der Waals surface area contributed by atoms with Crippen LogP contribution in [0.1, 0.15) is 32.0 Å². The molecule has 1 aromatic heterocycles. The number of nitrogens with one attached hydrogen (secondary N) is 1. The standard InChI is InChI=1S/C14H22N2O2S/c1-11(2)3-6-18-7-5-16-13(17)9-15-14(16)12-4-8-19-10-12/h4,8,10-11,14-15H,3,5-7,9H2,1-2H3. The third kappa shape index (κ3) is 4.03. The monoisotopic (exact) mass is 282 g/mol. The lowest BCUT2D eigenvalue weighted by atomic mass is 10.1. The quantitative estimate of drug-likeness (QED) is 0.780. The van der Waals surface area contributed by atoms with Gasteiger partial charge in [-0.05, 0) is 34.7 Å². The Hall–Kier alpha value is -0.910. The summed E-state index contributed by atoms with van der Waals surface area (Å²) in [7, 11) is 0. The first-order valence-electron chi connectivity index (χ1n) is 6.81. The van der Waals surface area contributed by atoms with Gasteiger partial charge in [-0.15, -0.1) is 0 Å². The SMILES string of the molecule is CC(C)CCOCCN1C(=O)CNC1c1ccsc1. The van der Waals surface area contributed by atoms with E-state index in [0.29, 0.717) is 25.6 Å². The van der Waals surface area contributed by atoms with Crippen molar-refractivity contribution in [1.29, 1.82) is 0 Å². The highest BCUT2D eigenvalue weighted by molar-refractivity contribution is 7.07. The van der Waals surface area contributed by atoms with Crippen molar-refractivity contribution >= 4 is 17.2 Å². The van der Waals surface area contributed by atoms with Crippen LogP contribution in [-0.2, 0) is 9.53 Å². The molecule has 0 saturated carbocycles. The van der Waals surface area contributed by atoms with Gasteiger partial charge in [0.2, 0.25) is 5.91 Å². The molecule has 0 aliphatic carbocycles. The zero-order valence-corrected chi connectivity index (χ0v) is 12.4. The Morgan fingerprint density at radius 3 is 3.05 bits per heavy atom. The highest BCUT2D eigenvalue weighted by Gasteiger charge is 2.31. The number of rotatable bonds is 7. The minimum absolute atomic E-state index is 0.0208. The second-order valence-corrected chi connectivity index (χ2v) is 6.00. The lowest BCUT2D eigenvalue weighted by Gasteiger charge is -2.23. The van der Waals surface area contributed by atoms with E-state index in [9.17, 15) is 4.79 Å². The van der Waals surface area contributed by atoms with E-state index in [4.69, 9.17) is 4.74 Å². The molecule has 1 amide bonds. The first-order valence-corrected chi connectivity index (χ1v) is 7.75. The molecule has 2 heterocycles. The summed E-state index contributed by atoms with van der Waals surface area (Å²) < 4.78 is 5.60. The molecule has 5 heteroatoms. The van der Waals surface area contributed by atoms with Gasteiger partial charge in [0.05, 0.1) is 13.2 Å². The lowest BCUT2D eigenvalue weighted by molar-refractivity contribution is -0.128. The Balaban J connectivity index is 1.78. The van der Waals surface area contributed by atoms with Crippen molar-refractivity contribution in [2.45, 2.75) is 26.4 Å². The first kappa shape index (κ1) is 14.5. The highest BCUT2D eigenvalue weighted by atomic mass is 32.1. The molecule has 0 radical (unpaired) electrons. The summed E-state index contributed by atoms with van der Waals surface area (Å²) in [5, 5.41) is 7.37. The van der Waals surface area contributed by atoms with Gasteiger partial charge in [-0.3, -0.25) is 10.1 Å². The van der Waals surface area contributed by atoms with Crippen LogP contribution in [0.3, 0.4) is 0 Å². The fraction of sp³-hybridized carbons (Fsp3) is 0.643. The van der Waals surface area contributed by atoms with Crippen molar-refractivity contribution in [2.24, 2.45) is 5.92 Å². The molecule has 0 aromatic carbocycles. The first-order chi connectivity index (χ1) is 9.18. The third-order valence-electron chi connectivity index (χ3n) is 3.25. The number of nitrogens with zero attached hydrogens (tertiary/aromatic N) is 1. The van der Waals surface area contributed by atoms with E-state index in [1.807, 2.05) is 10.3 Å². The third-order valence-corrected chi connectivity index (χ3v) is 3.96. The van der Waals surface area contributed by atoms with Crippen molar-refractivity contribution in [1.82, 2.24) is 10.2 Å². The molecule has 1 aromatic rings. The Bertz CT molecular complexity index is 392. The minimum Gasteiger partial charge on any atom is -0.380 e. The van der Waals surface area contributed by atoms with Crippen molar-refractivity contribution in [3.63, 3.8) is 0 Å². The molecule has 1 saturated heterocycles. The number of thiophene rings is 1. The molecule has 4 nitrogen and oxygen atoms in total. The van der Waals surface area contributed by atoms with Crippen LogP contribution in [0.25, 0.3) is 0 Å². The number of hydrogen-bond donors (Lipinski definition) is 1. The molecule has 0 bridgehead atoms. The molecule has 19 heavy (non-hydrogen) atoms. The summed E-state index contributed by atoms with van der Waals surface area (Å²) in [5.74, 6) is 0.817. The van der Waals surface area contributed by atoms with Gasteiger partial charge in [0.1, 0.15) is 6.17 Å². The van der Waals surface area contributed by atoms with Crippen molar-refractivity contribution in [3.8, 4) is 0 Å². The van der Waals surface area contributed by atoms with Crippen LogP contribution in [0, 0.1) is 5.92 Å². The molecular weight excluding hydrogens is 260 g/mol. The van der Waals surface area contributed by atoms with Crippen LogP contribution >= 0.6 is 11.3 Å². The van der Waals surface area contributed by atoms with Gasteiger partial charge in [0.25, 0.3) is 0 Å². The zero-order chi connectivity index (χ0) is 13.7. The average Bonchev–Trinajstić information content (AvgIpc) is 2.98. The van der Waals surface area contributed by atoms with Crippen molar-refractivity contribution in [2.75, 3.05) is 26.3 Å². The highest BCUT2D eigenvalue weighted by Crippen LogP contribution is 2.23. The molecule has 1 aliphatic rings. The van der Waals surface area contributed by atoms with Gasteiger partial charge in [-0.1, -0.05) is 13.8 Å². The number of ether oxygens (including phenoxy) is 1. The van der Waals surface area contributed by atoms with E-state index in [0.717, 1.165) is 18.6 Å². The number of hydrogen-bond acceptors (Lipinski definition) is 4. The van der Waals surface area contributed by atoms with Crippen molar-refractivity contribution < 1.29 is 9.53 Å². The van der Waals surface area contributed by atoms with E-state index >= 15 is 0 Å². The molecular formula is C14H22N2O2S. The predicted molar refractivity (Wildman–Crippen MR) is 77.0 cm³/mol. The molecule has 2 rings (SSSR count). The van der Waals surface area contributed by atoms with E-state index in [2.05, 4.69) is 30.6 Å². The topological polar surface area (TPSA) is 41.6 Å². The Morgan fingerprint density at radius 2 is 2.37 bits per heavy atom. The maximum Gasteiger partial charge on any atom is 0.238 e. The van der Waals surface area contributed by atoms with Gasteiger partial charge in [0, 0.05) is 13.2 Å². The summed E-state index contributed by atoms with van der Waals surface area (Å²) in [6.07, 6.45) is 1.09. The maximum absolute atomic E-state index is 11.9. The second kappa shape index (κ2) is 7.03. The average molecular weight is 282 g/mol. The smallest absolute Gasteiger partial charge is 0.238 e. The second-order valence-electron chi connectivity index (χ2n) is 5.22. The molecule has 106 valence electrons. The molecule has 0 spiro atoms. The fourth-order valence-corrected chi connectivity index (χ4v) is 2.78. The Morgan fingerprint density at radius 1 is 1.53 bits per heavy atom. The molecule has 1 aliphatic heterocycles. The Labute approximate surface area is 118 Å². The van der Waals surface area contributed by atoms with Crippen molar-refractivity contribution in [3.05, 3.63) is 22.4 Å². The van der Waals surface area contributed by atoms with Crippen LogP contribution in [0.2, 0.25) is 0 Å². The van der Waals surface area contributed by atoms with Gasteiger partial charge in [-0.25, -0.2) is 0 Å². The van der Waals surface area contributed by atoms with Crippen LogP contribution in [0.15, 0.2) is 16.8 Å².